The molecule has 2 aromatic rings. The van der Waals surface area contributed by atoms with Crippen LogP contribution < -0.4 is 11.1 Å². The number of carbonyl (C=O) groups is 1. The number of nitrogens with one attached hydrogen (secondary N) is 1. The molecule has 1 aromatic carbocycles. The highest BCUT2D eigenvalue weighted by Gasteiger charge is 2.22. The smallest absolute Gasteiger partial charge is 0.250 e. The normalized spacial score (nSPS) is 19.5. The van der Waals surface area contributed by atoms with Crippen molar-refractivity contribution in [1.82, 2.24) is 10.3 Å². The summed E-state index contributed by atoms with van der Waals surface area (Å²) in [6, 6.07) is 9.70. The van der Waals surface area contributed by atoms with E-state index in [0.717, 1.165) is 42.5 Å². The fourth-order valence-corrected chi connectivity index (χ4v) is 2.72. The van der Waals surface area contributed by atoms with Crippen LogP contribution in [0.5, 0.6) is 0 Å². The zero-order valence-electron chi connectivity index (χ0n) is 10.7. The number of piperidine rings is 1. The molecule has 3 N–H and O–H groups in total. The third kappa shape index (κ3) is 2.31. The molecule has 1 amide bonds. The van der Waals surface area contributed by atoms with E-state index in [9.17, 15) is 4.79 Å². The first kappa shape index (κ1) is 12.1. The van der Waals surface area contributed by atoms with Crippen LogP contribution in [0.4, 0.5) is 0 Å². The molecule has 1 fully saturated rings. The first-order valence-electron chi connectivity index (χ1n) is 6.66. The summed E-state index contributed by atoms with van der Waals surface area (Å²) in [6.07, 6.45) is 2.16. The van der Waals surface area contributed by atoms with Crippen molar-refractivity contribution in [1.29, 1.82) is 0 Å². The molecule has 1 atom stereocenters. The Morgan fingerprint density at radius 1 is 1.37 bits per heavy atom. The van der Waals surface area contributed by atoms with Gasteiger partial charge >= 0.3 is 0 Å². The first-order chi connectivity index (χ1) is 9.25. The van der Waals surface area contributed by atoms with Crippen molar-refractivity contribution >= 4 is 16.8 Å². The number of nitrogens with two attached hydrogens (primary N) is 1. The molecule has 1 aromatic heterocycles. The summed E-state index contributed by atoms with van der Waals surface area (Å²) in [6.45, 7) is 1.90. The number of aromatic nitrogens is 1. The molecule has 0 spiro atoms. The molecular weight excluding hydrogens is 238 g/mol. The van der Waals surface area contributed by atoms with Gasteiger partial charge in [0, 0.05) is 17.8 Å². The maximum Gasteiger partial charge on any atom is 0.250 e. The number of nitrogens with zero attached hydrogens (tertiary/aromatic N) is 1. The van der Waals surface area contributed by atoms with Crippen LogP contribution in [0.15, 0.2) is 30.3 Å². The largest absolute Gasteiger partial charge is 0.366 e. The summed E-state index contributed by atoms with van der Waals surface area (Å²) >= 11 is 0. The van der Waals surface area contributed by atoms with Crippen molar-refractivity contribution in [3.8, 4) is 0 Å². The lowest BCUT2D eigenvalue weighted by Crippen LogP contribution is -2.30. The molecule has 4 nitrogen and oxygen atoms in total. The first-order valence-corrected chi connectivity index (χ1v) is 6.66. The number of hydrogen-bond acceptors (Lipinski definition) is 3. The van der Waals surface area contributed by atoms with Gasteiger partial charge in [0.2, 0.25) is 0 Å². The average Bonchev–Trinajstić information content (AvgIpc) is 2.46. The van der Waals surface area contributed by atoms with E-state index >= 15 is 0 Å². The number of hydrogen-bond donors (Lipinski definition) is 2. The fourth-order valence-electron chi connectivity index (χ4n) is 2.72. The molecule has 19 heavy (non-hydrogen) atoms. The van der Waals surface area contributed by atoms with Crippen LogP contribution in [0, 0.1) is 0 Å². The molecule has 1 saturated heterocycles. The van der Waals surface area contributed by atoms with Gasteiger partial charge in [0.05, 0.1) is 16.8 Å². The predicted molar refractivity (Wildman–Crippen MR) is 75.1 cm³/mol. The van der Waals surface area contributed by atoms with Crippen LogP contribution in [0.3, 0.4) is 0 Å². The standard InChI is InChI=1S/C15H17N3O/c16-15(19)12-8-10-4-1-2-6-13(10)18-14(12)11-5-3-7-17-9-11/h1-2,4,6,8,11,17H,3,5,7,9H2,(H2,16,19)/t11-/m0/s1. The molecule has 1 aliphatic rings. The van der Waals surface area contributed by atoms with Crippen LogP contribution in [0.1, 0.15) is 34.8 Å². The minimum Gasteiger partial charge on any atom is -0.366 e. The Morgan fingerprint density at radius 2 is 2.21 bits per heavy atom. The molecule has 0 saturated carbocycles. The number of pyridine rings is 1. The quantitative estimate of drug-likeness (QED) is 0.859. The minimum absolute atomic E-state index is 0.279. The van der Waals surface area contributed by atoms with Crippen molar-refractivity contribution in [2.45, 2.75) is 18.8 Å². The molecule has 0 unspecified atom stereocenters. The maximum atomic E-state index is 11.7. The highest BCUT2D eigenvalue weighted by Crippen LogP contribution is 2.27. The van der Waals surface area contributed by atoms with Gasteiger partial charge in [-0.2, -0.15) is 0 Å². The highest BCUT2D eigenvalue weighted by molar-refractivity contribution is 5.97. The zero-order chi connectivity index (χ0) is 13.2. The lowest BCUT2D eigenvalue weighted by molar-refractivity contribution is 0.0998. The Labute approximate surface area is 112 Å². The van der Waals surface area contributed by atoms with Crippen LogP contribution in [0.25, 0.3) is 10.9 Å². The Kier molecular flexibility index (Phi) is 3.17. The molecule has 98 valence electrons. The number of primary amides is 1. The van der Waals surface area contributed by atoms with Gasteiger partial charge in [-0.25, -0.2) is 0 Å². The SMILES string of the molecule is NC(=O)c1cc2ccccc2nc1[C@H]1CCCNC1. The second kappa shape index (κ2) is 4.97. The molecule has 0 aliphatic carbocycles. The number of amides is 1. The summed E-state index contributed by atoms with van der Waals surface area (Å²) in [4.78, 5) is 16.3. The molecule has 3 rings (SSSR count). The summed E-state index contributed by atoms with van der Waals surface area (Å²) in [5.41, 5.74) is 7.85. The lowest BCUT2D eigenvalue weighted by Gasteiger charge is -2.24. The van der Waals surface area contributed by atoms with Gasteiger partial charge in [0.25, 0.3) is 5.91 Å². The fraction of sp³-hybridized carbons (Fsp3) is 0.333. The van der Waals surface area contributed by atoms with Crippen LogP contribution >= 0.6 is 0 Å². The van der Waals surface area contributed by atoms with Gasteiger partial charge in [-0.15, -0.1) is 0 Å². The Morgan fingerprint density at radius 3 is 2.95 bits per heavy atom. The van der Waals surface area contributed by atoms with Gasteiger partial charge in [-0.05, 0) is 31.5 Å². The molecular formula is C15H17N3O. The van der Waals surface area contributed by atoms with E-state index in [4.69, 9.17) is 5.73 Å². The lowest BCUT2D eigenvalue weighted by atomic mass is 9.91. The Hall–Kier alpha value is -1.94. The third-order valence-electron chi connectivity index (χ3n) is 3.70. The van der Waals surface area contributed by atoms with E-state index in [1.807, 2.05) is 30.3 Å². The van der Waals surface area contributed by atoms with Crippen molar-refractivity contribution in [2.75, 3.05) is 13.1 Å². The number of benzene rings is 1. The summed E-state index contributed by atoms with van der Waals surface area (Å²) in [5, 5.41) is 4.32. The van der Waals surface area contributed by atoms with Gasteiger partial charge in [0.15, 0.2) is 0 Å². The second-order valence-corrected chi connectivity index (χ2v) is 5.02. The summed E-state index contributed by atoms with van der Waals surface area (Å²) in [7, 11) is 0. The van der Waals surface area contributed by atoms with E-state index in [2.05, 4.69) is 10.3 Å². The minimum atomic E-state index is -0.390. The highest BCUT2D eigenvalue weighted by atomic mass is 16.1. The number of rotatable bonds is 2. The van der Waals surface area contributed by atoms with Gasteiger partial charge in [-0.1, -0.05) is 18.2 Å². The summed E-state index contributed by atoms with van der Waals surface area (Å²) < 4.78 is 0. The van der Waals surface area contributed by atoms with Gasteiger partial charge in [-0.3, -0.25) is 9.78 Å². The van der Waals surface area contributed by atoms with E-state index in [0.29, 0.717) is 5.56 Å². The van der Waals surface area contributed by atoms with Crippen LogP contribution in [0.2, 0.25) is 0 Å². The average molecular weight is 255 g/mol. The van der Waals surface area contributed by atoms with Crippen LogP contribution in [-0.2, 0) is 0 Å². The Bertz CT molecular complexity index is 618. The molecule has 2 heterocycles. The van der Waals surface area contributed by atoms with E-state index in [-0.39, 0.29) is 11.8 Å². The molecule has 4 heteroatoms. The maximum absolute atomic E-state index is 11.7. The van der Waals surface area contributed by atoms with Crippen molar-refractivity contribution in [3.63, 3.8) is 0 Å². The van der Waals surface area contributed by atoms with Gasteiger partial charge in [0.1, 0.15) is 0 Å². The molecule has 0 radical (unpaired) electrons. The van der Waals surface area contributed by atoms with Gasteiger partial charge < -0.3 is 11.1 Å². The number of carbonyl (C=O) groups excluding carboxylic acids is 1. The predicted octanol–water partition coefficient (Wildman–Crippen LogP) is 1.80. The molecule has 1 aliphatic heterocycles. The summed E-state index contributed by atoms with van der Waals surface area (Å²) in [5.74, 6) is -0.111. The third-order valence-corrected chi connectivity index (χ3v) is 3.70. The second-order valence-electron chi connectivity index (χ2n) is 5.02. The number of fused-ring (bicyclic) bond motifs is 1. The van der Waals surface area contributed by atoms with Crippen molar-refractivity contribution in [2.24, 2.45) is 5.73 Å². The monoisotopic (exact) mass is 255 g/mol. The zero-order valence-corrected chi connectivity index (χ0v) is 10.7. The van der Waals surface area contributed by atoms with E-state index < -0.39 is 0 Å². The number of para-hydroxylation sites is 1. The van der Waals surface area contributed by atoms with Crippen molar-refractivity contribution < 1.29 is 4.79 Å². The van der Waals surface area contributed by atoms with Crippen LogP contribution in [-0.4, -0.2) is 24.0 Å². The van der Waals surface area contributed by atoms with Crippen molar-refractivity contribution in [3.05, 3.63) is 41.6 Å². The van der Waals surface area contributed by atoms with E-state index in [1.165, 1.54) is 0 Å². The molecule has 0 bridgehead atoms. The van der Waals surface area contributed by atoms with E-state index in [1.54, 1.807) is 0 Å². The Balaban J connectivity index is 2.14. The topological polar surface area (TPSA) is 68.0 Å².